The first-order valence-corrected chi connectivity index (χ1v) is 3.30. The van der Waals surface area contributed by atoms with Crippen molar-refractivity contribution in [3.05, 3.63) is 0 Å². The maximum atomic E-state index is 11.0. The number of rotatable bonds is 0. The fraction of sp³-hybridized carbons (Fsp3) is 0.857. The highest BCUT2D eigenvalue weighted by Gasteiger charge is 2.30. The smallest absolute Gasteiger partial charge is 0.164 e. The molecular formula is C7H12O2. The molecule has 1 aliphatic rings. The predicted molar refractivity (Wildman–Crippen MR) is 34.3 cm³/mol. The van der Waals surface area contributed by atoms with Crippen LogP contribution in [0.5, 0.6) is 0 Å². The molecule has 52 valence electrons. The molecule has 2 heteroatoms. The lowest BCUT2D eigenvalue weighted by molar-refractivity contribution is -0.146. The van der Waals surface area contributed by atoms with E-state index in [0.29, 0.717) is 6.42 Å². The standard InChI is InChI=1S/C7H12O2/c1-7(2)6(8)4-3-5-9-7/h3-5H2,1-2H3. The highest BCUT2D eigenvalue weighted by atomic mass is 16.5. The second kappa shape index (κ2) is 2.10. The largest absolute Gasteiger partial charge is 0.368 e. The van der Waals surface area contributed by atoms with Crippen molar-refractivity contribution >= 4 is 5.78 Å². The Labute approximate surface area is 55.2 Å². The Morgan fingerprint density at radius 2 is 2.22 bits per heavy atom. The summed E-state index contributed by atoms with van der Waals surface area (Å²) >= 11 is 0. The van der Waals surface area contributed by atoms with Crippen molar-refractivity contribution in [2.75, 3.05) is 6.61 Å². The third kappa shape index (κ3) is 1.30. The highest BCUT2D eigenvalue weighted by Crippen LogP contribution is 2.19. The lowest BCUT2D eigenvalue weighted by Gasteiger charge is -2.27. The number of hydrogen-bond donors (Lipinski definition) is 0. The number of ether oxygens (including phenoxy) is 1. The van der Waals surface area contributed by atoms with Crippen molar-refractivity contribution in [2.24, 2.45) is 0 Å². The van der Waals surface area contributed by atoms with E-state index in [9.17, 15) is 4.79 Å². The Morgan fingerprint density at radius 3 is 2.56 bits per heavy atom. The molecule has 1 saturated heterocycles. The van der Waals surface area contributed by atoms with Crippen LogP contribution in [0.3, 0.4) is 0 Å². The van der Waals surface area contributed by atoms with Gasteiger partial charge in [-0.1, -0.05) is 0 Å². The Balaban J connectivity index is 2.60. The van der Waals surface area contributed by atoms with Gasteiger partial charge in [0.05, 0.1) is 0 Å². The molecule has 0 aromatic rings. The summed E-state index contributed by atoms with van der Waals surface area (Å²) in [6.07, 6.45) is 1.58. The van der Waals surface area contributed by atoms with Crippen molar-refractivity contribution in [3.8, 4) is 0 Å². The van der Waals surface area contributed by atoms with Crippen LogP contribution in [-0.4, -0.2) is 18.0 Å². The van der Waals surface area contributed by atoms with E-state index in [1.54, 1.807) is 0 Å². The Hall–Kier alpha value is -0.370. The predicted octanol–water partition coefficient (Wildman–Crippen LogP) is 1.14. The molecule has 9 heavy (non-hydrogen) atoms. The van der Waals surface area contributed by atoms with Crippen LogP contribution in [0.15, 0.2) is 0 Å². The molecule has 0 amide bonds. The highest BCUT2D eigenvalue weighted by molar-refractivity contribution is 5.86. The monoisotopic (exact) mass is 128 g/mol. The van der Waals surface area contributed by atoms with Gasteiger partial charge in [-0.3, -0.25) is 4.79 Å². The molecule has 0 unspecified atom stereocenters. The van der Waals surface area contributed by atoms with E-state index in [0.717, 1.165) is 13.0 Å². The van der Waals surface area contributed by atoms with Crippen LogP contribution in [-0.2, 0) is 9.53 Å². The minimum atomic E-state index is -0.502. The summed E-state index contributed by atoms with van der Waals surface area (Å²) in [5.74, 6) is 0.230. The zero-order valence-corrected chi connectivity index (χ0v) is 5.94. The SMILES string of the molecule is CC1(C)OCCCC1=O. The van der Waals surface area contributed by atoms with Crippen LogP contribution >= 0.6 is 0 Å². The van der Waals surface area contributed by atoms with Crippen LogP contribution in [0.1, 0.15) is 26.7 Å². The average molecular weight is 128 g/mol. The summed E-state index contributed by atoms with van der Waals surface area (Å²) < 4.78 is 5.23. The van der Waals surface area contributed by atoms with Gasteiger partial charge in [0.2, 0.25) is 0 Å². The van der Waals surface area contributed by atoms with Crippen molar-refractivity contribution in [1.82, 2.24) is 0 Å². The average Bonchev–Trinajstić information content (AvgIpc) is 1.77. The molecule has 0 radical (unpaired) electrons. The molecule has 1 aliphatic heterocycles. The molecule has 1 heterocycles. The molecule has 1 rings (SSSR count). The van der Waals surface area contributed by atoms with Gasteiger partial charge in [0, 0.05) is 13.0 Å². The van der Waals surface area contributed by atoms with Crippen molar-refractivity contribution in [1.29, 1.82) is 0 Å². The minimum Gasteiger partial charge on any atom is -0.368 e. The molecule has 0 aromatic carbocycles. The fourth-order valence-electron chi connectivity index (χ4n) is 0.942. The third-order valence-electron chi connectivity index (χ3n) is 1.68. The van der Waals surface area contributed by atoms with Crippen molar-refractivity contribution < 1.29 is 9.53 Å². The topological polar surface area (TPSA) is 26.3 Å². The first-order valence-electron chi connectivity index (χ1n) is 3.30. The van der Waals surface area contributed by atoms with Crippen LogP contribution < -0.4 is 0 Å². The third-order valence-corrected chi connectivity index (χ3v) is 1.68. The first kappa shape index (κ1) is 6.75. The van der Waals surface area contributed by atoms with Gasteiger partial charge in [0.1, 0.15) is 5.60 Å². The number of ketones is 1. The summed E-state index contributed by atoms with van der Waals surface area (Å²) in [6.45, 7) is 4.39. The summed E-state index contributed by atoms with van der Waals surface area (Å²) in [5.41, 5.74) is -0.502. The van der Waals surface area contributed by atoms with Gasteiger partial charge in [0.15, 0.2) is 5.78 Å². The summed E-state index contributed by atoms with van der Waals surface area (Å²) in [5, 5.41) is 0. The molecule has 0 saturated carbocycles. The zero-order valence-electron chi connectivity index (χ0n) is 5.94. The lowest BCUT2D eigenvalue weighted by atomic mass is 9.97. The number of hydrogen-bond acceptors (Lipinski definition) is 2. The molecule has 2 nitrogen and oxygen atoms in total. The molecule has 0 bridgehead atoms. The van der Waals surface area contributed by atoms with E-state index < -0.39 is 5.60 Å². The Bertz CT molecular complexity index is 127. The van der Waals surface area contributed by atoms with E-state index in [4.69, 9.17) is 4.74 Å². The van der Waals surface area contributed by atoms with Gasteiger partial charge in [-0.05, 0) is 20.3 Å². The quantitative estimate of drug-likeness (QED) is 0.489. The normalized spacial score (nSPS) is 26.2. The second-order valence-electron chi connectivity index (χ2n) is 2.89. The van der Waals surface area contributed by atoms with Gasteiger partial charge in [-0.25, -0.2) is 0 Å². The van der Waals surface area contributed by atoms with Gasteiger partial charge >= 0.3 is 0 Å². The Kier molecular flexibility index (Phi) is 1.58. The van der Waals surface area contributed by atoms with Crippen molar-refractivity contribution in [2.45, 2.75) is 32.3 Å². The van der Waals surface area contributed by atoms with E-state index in [1.165, 1.54) is 0 Å². The van der Waals surface area contributed by atoms with Crippen LogP contribution in [0.2, 0.25) is 0 Å². The maximum absolute atomic E-state index is 11.0. The maximum Gasteiger partial charge on any atom is 0.164 e. The lowest BCUT2D eigenvalue weighted by Crippen LogP contribution is -2.38. The van der Waals surface area contributed by atoms with E-state index in [-0.39, 0.29) is 5.78 Å². The van der Waals surface area contributed by atoms with E-state index in [2.05, 4.69) is 0 Å². The van der Waals surface area contributed by atoms with E-state index >= 15 is 0 Å². The summed E-state index contributed by atoms with van der Waals surface area (Å²) in [7, 11) is 0. The number of Topliss-reactive ketones (excluding diaryl/α,β-unsaturated/α-hetero) is 1. The second-order valence-corrected chi connectivity index (χ2v) is 2.89. The van der Waals surface area contributed by atoms with Gasteiger partial charge in [-0.15, -0.1) is 0 Å². The zero-order chi connectivity index (χ0) is 6.91. The molecule has 0 atom stereocenters. The molecular weight excluding hydrogens is 116 g/mol. The summed E-state index contributed by atoms with van der Waals surface area (Å²) in [4.78, 5) is 11.0. The molecule has 0 spiro atoms. The van der Waals surface area contributed by atoms with Gasteiger partial charge in [-0.2, -0.15) is 0 Å². The first-order chi connectivity index (χ1) is 4.13. The molecule has 0 aromatic heterocycles. The van der Waals surface area contributed by atoms with Crippen molar-refractivity contribution in [3.63, 3.8) is 0 Å². The van der Waals surface area contributed by atoms with Gasteiger partial charge < -0.3 is 4.74 Å². The number of carbonyl (C=O) groups excluding carboxylic acids is 1. The van der Waals surface area contributed by atoms with Gasteiger partial charge in [0.25, 0.3) is 0 Å². The molecule has 0 aliphatic carbocycles. The van der Waals surface area contributed by atoms with Crippen LogP contribution in [0.25, 0.3) is 0 Å². The number of carbonyl (C=O) groups is 1. The summed E-state index contributed by atoms with van der Waals surface area (Å²) in [6, 6.07) is 0. The van der Waals surface area contributed by atoms with E-state index in [1.807, 2.05) is 13.8 Å². The molecule has 0 N–H and O–H groups in total. The Morgan fingerprint density at radius 1 is 1.56 bits per heavy atom. The molecule has 1 fully saturated rings. The minimum absolute atomic E-state index is 0.230. The van der Waals surface area contributed by atoms with Crippen LogP contribution in [0.4, 0.5) is 0 Å². The van der Waals surface area contributed by atoms with Crippen LogP contribution in [0, 0.1) is 0 Å². The fourth-order valence-corrected chi connectivity index (χ4v) is 0.942.